The third-order valence-electron chi connectivity index (χ3n) is 2.88. The number of nitrogen functional groups attached to an aromatic ring is 2. The van der Waals surface area contributed by atoms with Crippen LogP contribution in [0.15, 0.2) is 36.4 Å². The van der Waals surface area contributed by atoms with Crippen molar-refractivity contribution in [2.24, 2.45) is 0 Å². The summed E-state index contributed by atoms with van der Waals surface area (Å²) >= 11 is 0. The number of nitrogens with one attached hydrogen (secondary N) is 1. The zero-order valence-electron chi connectivity index (χ0n) is 10.1. The van der Waals surface area contributed by atoms with Gasteiger partial charge in [-0.1, -0.05) is 18.2 Å². The average Bonchev–Trinajstić information content (AvgIpc) is 2.28. The molecule has 2 aromatic carbocycles. The lowest BCUT2D eigenvalue weighted by atomic mass is 10.1. The quantitative estimate of drug-likeness (QED) is 0.690. The molecule has 0 bridgehead atoms. The van der Waals surface area contributed by atoms with E-state index in [0.29, 0.717) is 11.4 Å². The summed E-state index contributed by atoms with van der Waals surface area (Å²) in [5.41, 5.74) is 17.3. The molecule has 2 rings (SSSR count). The topological polar surface area (TPSA) is 64.1 Å². The molecule has 0 saturated heterocycles. The van der Waals surface area contributed by atoms with Crippen molar-refractivity contribution in [1.82, 2.24) is 0 Å². The van der Waals surface area contributed by atoms with Crippen LogP contribution in [0.2, 0.25) is 0 Å². The maximum absolute atomic E-state index is 5.89. The van der Waals surface area contributed by atoms with Crippen molar-refractivity contribution in [2.45, 2.75) is 13.8 Å². The zero-order valence-corrected chi connectivity index (χ0v) is 10.1. The van der Waals surface area contributed by atoms with Crippen LogP contribution in [0.1, 0.15) is 11.1 Å². The standard InChI is InChI=1S/C14H17N3/c1-9-5-3-4-6-13(9)17-14-8-11(15)7-12(16)10(14)2/h3-8,17H,15-16H2,1-2H3. The van der Waals surface area contributed by atoms with E-state index in [-0.39, 0.29) is 0 Å². The highest BCUT2D eigenvalue weighted by Gasteiger charge is 2.05. The largest absolute Gasteiger partial charge is 0.399 e. The summed E-state index contributed by atoms with van der Waals surface area (Å²) in [6, 6.07) is 11.8. The normalized spacial score (nSPS) is 10.2. The average molecular weight is 227 g/mol. The number of benzene rings is 2. The first-order valence-electron chi connectivity index (χ1n) is 5.56. The molecule has 0 fully saturated rings. The molecule has 0 aliphatic carbocycles. The van der Waals surface area contributed by atoms with Crippen molar-refractivity contribution >= 4 is 22.7 Å². The molecule has 5 N–H and O–H groups in total. The lowest BCUT2D eigenvalue weighted by molar-refractivity contribution is 1.39. The second-order valence-electron chi connectivity index (χ2n) is 4.22. The van der Waals surface area contributed by atoms with Crippen molar-refractivity contribution in [3.8, 4) is 0 Å². The molecule has 2 aromatic rings. The molecule has 0 amide bonds. The van der Waals surface area contributed by atoms with E-state index in [9.17, 15) is 0 Å². The van der Waals surface area contributed by atoms with Crippen LogP contribution in [-0.2, 0) is 0 Å². The lowest BCUT2D eigenvalue weighted by Gasteiger charge is -2.14. The van der Waals surface area contributed by atoms with E-state index < -0.39 is 0 Å². The molecular formula is C14H17N3. The van der Waals surface area contributed by atoms with Crippen LogP contribution in [-0.4, -0.2) is 0 Å². The third-order valence-corrected chi connectivity index (χ3v) is 2.88. The van der Waals surface area contributed by atoms with Gasteiger partial charge in [-0.3, -0.25) is 0 Å². The highest BCUT2D eigenvalue weighted by atomic mass is 14.9. The number of hydrogen-bond donors (Lipinski definition) is 3. The molecule has 0 aliphatic rings. The zero-order chi connectivity index (χ0) is 12.4. The number of aryl methyl sites for hydroxylation is 1. The second kappa shape index (κ2) is 4.37. The van der Waals surface area contributed by atoms with E-state index in [1.54, 1.807) is 6.07 Å². The Morgan fingerprint density at radius 1 is 0.941 bits per heavy atom. The van der Waals surface area contributed by atoms with E-state index >= 15 is 0 Å². The van der Waals surface area contributed by atoms with Crippen molar-refractivity contribution in [2.75, 3.05) is 16.8 Å². The minimum Gasteiger partial charge on any atom is -0.399 e. The molecule has 0 radical (unpaired) electrons. The predicted octanol–water partition coefficient (Wildman–Crippen LogP) is 3.21. The fourth-order valence-corrected chi connectivity index (χ4v) is 1.75. The van der Waals surface area contributed by atoms with Gasteiger partial charge in [-0.25, -0.2) is 0 Å². The van der Waals surface area contributed by atoms with Gasteiger partial charge < -0.3 is 16.8 Å². The van der Waals surface area contributed by atoms with Gasteiger partial charge in [0.15, 0.2) is 0 Å². The summed E-state index contributed by atoms with van der Waals surface area (Å²) < 4.78 is 0. The Morgan fingerprint density at radius 2 is 1.65 bits per heavy atom. The number of para-hydroxylation sites is 1. The molecule has 3 heteroatoms. The lowest BCUT2D eigenvalue weighted by Crippen LogP contribution is -2.00. The number of anilines is 4. The summed E-state index contributed by atoms with van der Waals surface area (Å²) in [4.78, 5) is 0. The van der Waals surface area contributed by atoms with Crippen LogP contribution >= 0.6 is 0 Å². The maximum Gasteiger partial charge on any atom is 0.0455 e. The van der Waals surface area contributed by atoms with Gasteiger partial charge in [-0.05, 0) is 43.2 Å². The molecule has 17 heavy (non-hydrogen) atoms. The van der Waals surface area contributed by atoms with Gasteiger partial charge in [0, 0.05) is 22.7 Å². The summed E-state index contributed by atoms with van der Waals surface area (Å²) in [7, 11) is 0. The third kappa shape index (κ3) is 2.33. The summed E-state index contributed by atoms with van der Waals surface area (Å²) in [5, 5.41) is 3.36. The van der Waals surface area contributed by atoms with Crippen molar-refractivity contribution < 1.29 is 0 Å². The van der Waals surface area contributed by atoms with Crippen LogP contribution in [0.3, 0.4) is 0 Å². The van der Waals surface area contributed by atoms with Crippen LogP contribution in [0, 0.1) is 13.8 Å². The minimum absolute atomic E-state index is 0.671. The first-order chi connectivity index (χ1) is 8.08. The van der Waals surface area contributed by atoms with Gasteiger partial charge in [0.2, 0.25) is 0 Å². The highest BCUT2D eigenvalue weighted by molar-refractivity contribution is 5.75. The molecule has 3 nitrogen and oxygen atoms in total. The van der Waals surface area contributed by atoms with Crippen LogP contribution in [0.5, 0.6) is 0 Å². The van der Waals surface area contributed by atoms with Gasteiger partial charge in [0.25, 0.3) is 0 Å². The molecule has 0 aliphatic heterocycles. The van der Waals surface area contributed by atoms with Gasteiger partial charge in [0.05, 0.1) is 0 Å². The van der Waals surface area contributed by atoms with Crippen molar-refractivity contribution in [3.63, 3.8) is 0 Å². The van der Waals surface area contributed by atoms with E-state index in [0.717, 1.165) is 16.9 Å². The molecule has 0 atom stereocenters. The minimum atomic E-state index is 0.671. The SMILES string of the molecule is Cc1ccccc1Nc1cc(N)cc(N)c1C. The second-order valence-corrected chi connectivity index (χ2v) is 4.22. The van der Waals surface area contributed by atoms with E-state index in [2.05, 4.69) is 18.3 Å². The first kappa shape index (κ1) is 11.3. The Labute approximate surface area is 101 Å². The number of nitrogens with two attached hydrogens (primary N) is 2. The van der Waals surface area contributed by atoms with Gasteiger partial charge in [0.1, 0.15) is 0 Å². The van der Waals surface area contributed by atoms with Crippen LogP contribution in [0.4, 0.5) is 22.7 Å². The van der Waals surface area contributed by atoms with Crippen molar-refractivity contribution in [3.05, 3.63) is 47.5 Å². The molecule has 0 saturated carbocycles. The molecule has 88 valence electrons. The smallest absolute Gasteiger partial charge is 0.0455 e. The van der Waals surface area contributed by atoms with E-state index in [1.165, 1.54) is 5.56 Å². The van der Waals surface area contributed by atoms with Gasteiger partial charge in [-0.2, -0.15) is 0 Å². The van der Waals surface area contributed by atoms with Gasteiger partial charge in [-0.15, -0.1) is 0 Å². The fourth-order valence-electron chi connectivity index (χ4n) is 1.75. The Bertz CT molecular complexity index is 547. The predicted molar refractivity (Wildman–Crippen MR) is 74.5 cm³/mol. The molecular weight excluding hydrogens is 210 g/mol. The first-order valence-corrected chi connectivity index (χ1v) is 5.56. The summed E-state index contributed by atoms with van der Waals surface area (Å²) in [6.45, 7) is 4.04. The van der Waals surface area contributed by atoms with E-state index in [4.69, 9.17) is 11.5 Å². The van der Waals surface area contributed by atoms with Crippen LogP contribution in [0.25, 0.3) is 0 Å². The Morgan fingerprint density at radius 3 is 2.35 bits per heavy atom. The van der Waals surface area contributed by atoms with Crippen molar-refractivity contribution in [1.29, 1.82) is 0 Å². The summed E-state index contributed by atoms with van der Waals surface area (Å²) in [6.07, 6.45) is 0. The molecule has 0 aromatic heterocycles. The summed E-state index contributed by atoms with van der Waals surface area (Å²) in [5.74, 6) is 0. The van der Waals surface area contributed by atoms with Crippen LogP contribution < -0.4 is 16.8 Å². The van der Waals surface area contributed by atoms with Gasteiger partial charge >= 0.3 is 0 Å². The fraction of sp³-hybridized carbons (Fsp3) is 0.143. The number of rotatable bonds is 2. The monoisotopic (exact) mass is 227 g/mol. The Balaban J connectivity index is 2.40. The van der Waals surface area contributed by atoms with E-state index in [1.807, 2.05) is 31.2 Å². The molecule has 0 unspecified atom stereocenters. The number of hydrogen-bond acceptors (Lipinski definition) is 3. The maximum atomic E-state index is 5.89. The molecule has 0 heterocycles. The Hall–Kier alpha value is -2.16. The highest BCUT2D eigenvalue weighted by Crippen LogP contribution is 2.28. The Kier molecular flexibility index (Phi) is 2.91. The molecule has 0 spiro atoms.